The molecule has 0 bridgehead atoms. The van der Waals surface area contributed by atoms with Crippen LogP contribution in [0.4, 0.5) is 0 Å². The van der Waals surface area contributed by atoms with E-state index in [4.69, 9.17) is 23.2 Å². The number of halogens is 2. The molecule has 2 rings (SSSR count). The van der Waals surface area contributed by atoms with Crippen LogP contribution in [-0.2, 0) is 9.53 Å². The first-order valence-corrected chi connectivity index (χ1v) is 7.79. The Morgan fingerprint density at radius 1 is 1.36 bits per heavy atom. The fraction of sp³-hybridized carbons (Fsp3) is 0.214. The summed E-state index contributed by atoms with van der Waals surface area (Å²) in [5, 5.41) is 3.22. The van der Waals surface area contributed by atoms with Crippen molar-refractivity contribution in [2.24, 2.45) is 0 Å². The highest BCUT2D eigenvalue weighted by atomic mass is 35.5. The van der Waals surface area contributed by atoms with Crippen molar-refractivity contribution in [3.63, 3.8) is 0 Å². The van der Waals surface area contributed by atoms with E-state index in [1.165, 1.54) is 30.4 Å². The fourth-order valence-electron chi connectivity index (χ4n) is 1.68. The summed E-state index contributed by atoms with van der Waals surface area (Å²) in [6.07, 6.45) is 0. The fourth-order valence-corrected chi connectivity index (χ4v) is 3.07. The van der Waals surface area contributed by atoms with Gasteiger partial charge in [0.1, 0.15) is 17.2 Å². The number of benzene rings is 1. The summed E-state index contributed by atoms with van der Waals surface area (Å²) in [5.74, 6) is -0.856. The second-order valence-corrected chi connectivity index (χ2v) is 6.10. The minimum absolute atomic E-state index is 0.135. The van der Waals surface area contributed by atoms with Gasteiger partial charge in [0.2, 0.25) is 0 Å². The molecule has 0 aliphatic rings. The van der Waals surface area contributed by atoms with Gasteiger partial charge in [-0.25, -0.2) is 4.98 Å². The van der Waals surface area contributed by atoms with Crippen LogP contribution in [0.15, 0.2) is 23.6 Å². The number of methoxy groups -OCH3 is 1. The Balaban J connectivity index is 2.20. The maximum Gasteiger partial charge on any atom is 0.325 e. The van der Waals surface area contributed by atoms with Gasteiger partial charge in [-0.05, 0) is 18.2 Å². The summed E-state index contributed by atoms with van der Waals surface area (Å²) < 4.78 is 4.53. The van der Waals surface area contributed by atoms with Crippen LogP contribution in [0.25, 0.3) is 10.6 Å². The molecule has 1 aromatic carbocycles. The molecule has 2 aromatic rings. The van der Waals surface area contributed by atoms with Crippen molar-refractivity contribution in [3.05, 3.63) is 39.3 Å². The number of hydrogen-bond acceptors (Lipinski definition) is 5. The Hall–Kier alpha value is -1.63. The van der Waals surface area contributed by atoms with Crippen LogP contribution in [0.5, 0.6) is 0 Å². The zero-order chi connectivity index (χ0) is 16.3. The van der Waals surface area contributed by atoms with E-state index in [1.54, 1.807) is 23.6 Å². The third-order valence-corrected chi connectivity index (χ3v) is 4.25. The van der Waals surface area contributed by atoms with E-state index in [2.05, 4.69) is 9.72 Å². The average Bonchev–Trinajstić information content (AvgIpc) is 2.95. The molecule has 0 aliphatic heterocycles. The predicted molar refractivity (Wildman–Crippen MR) is 86.5 cm³/mol. The van der Waals surface area contributed by atoms with Crippen LogP contribution in [0, 0.1) is 0 Å². The number of nitrogens with zero attached hydrogens (tertiary/aromatic N) is 2. The van der Waals surface area contributed by atoms with Crippen molar-refractivity contribution < 1.29 is 14.3 Å². The highest BCUT2D eigenvalue weighted by molar-refractivity contribution is 7.13. The first kappa shape index (κ1) is 16.7. The molecule has 0 spiro atoms. The number of rotatable bonds is 4. The van der Waals surface area contributed by atoms with Crippen LogP contribution in [0.3, 0.4) is 0 Å². The number of amides is 1. The van der Waals surface area contributed by atoms with Gasteiger partial charge in [-0.2, -0.15) is 0 Å². The van der Waals surface area contributed by atoms with Crippen LogP contribution in [-0.4, -0.2) is 42.5 Å². The quantitative estimate of drug-likeness (QED) is 0.786. The molecule has 0 radical (unpaired) electrons. The maximum atomic E-state index is 12.2. The van der Waals surface area contributed by atoms with Gasteiger partial charge in [0.15, 0.2) is 0 Å². The highest BCUT2D eigenvalue weighted by Gasteiger charge is 2.19. The van der Waals surface area contributed by atoms with E-state index >= 15 is 0 Å². The van der Waals surface area contributed by atoms with Crippen LogP contribution in [0.2, 0.25) is 10.0 Å². The highest BCUT2D eigenvalue weighted by Crippen LogP contribution is 2.32. The topological polar surface area (TPSA) is 59.5 Å². The van der Waals surface area contributed by atoms with Crippen molar-refractivity contribution in [1.29, 1.82) is 0 Å². The minimum Gasteiger partial charge on any atom is -0.468 e. The molecule has 0 atom stereocenters. The molecule has 1 aromatic heterocycles. The summed E-state index contributed by atoms with van der Waals surface area (Å²) in [6, 6.07) is 5.07. The summed E-state index contributed by atoms with van der Waals surface area (Å²) in [7, 11) is 2.78. The molecule has 0 saturated heterocycles. The van der Waals surface area contributed by atoms with Gasteiger partial charge in [-0.15, -0.1) is 11.3 Å². The smallest absolute Gasteiger partial charge is 0.325 e. The second kappa shape index (κ2) is 7.09. The van der Waals surface area contributed by atoms with Crippen LogP contribution < -0.4 is 0 Å². The molecular weight excluding hydrogens is 347 g/mol. The Kier molecular flexibility index (Phi) is 5.39. The molecule has 116 valence electrons. The van der Waals surface area contributed by atoms with Crippen molar-refractivity contribution in [2.75, 3.05) is 20.7 Å². The Labute approximate surface area is 141 Å². The first-order chi connectivity index (χ1) is 10.4. The van der Waals surface area contributed by atoms with Crippen molar-refractivity contribution in [2.45, 2.75) is 0 Å². The number of ether oxygens (including phenoxy) is 1. The first-order valence-electron chi connectivity index (χ1n) is 6.15. The van der Waals surface area contributed by atoms with E-state index in [0.29, 0.717) is 20.6 Å². The standard InChI is InChI=1S/C14H12Cl2N2O3S/c1-18(6-12(19)21-2)14(20)11-7-22-13(17-11)9-4-3-8(15)5-10(9)16/h3-5,7H,6H2,1-2H3. The number of thiazole rings is 1. The summed E-state index contributed by atoms with van der Waals surface area (Å²) in [5.41, 5.74) is 0.947. The van der Waals surface area contributed by atoms with Gasteiger partial charge in [0.25, 0.3) is 5.91 Å². The molecule has 5 nitrogen and oxygen atoms in total. The zero-order valence-corrected chi connectivity index (χ0v) is 14.1. The molecule has 0 saturated carbocycles. The lowest BCUT2D eigenvalue weighted by molar-refractivity contribution is -0.141. The lowest BCUT2D eigenvalue weighted by Gasteiger charge is -2.13. The van der Waals surface area contributed by atoms with Crippen molar-refractivity contribution in [1.82, 2.24) is 9.88 Å². The largest absolute Gasteiger partial charge is 0.468 e. The monoisotopic (exact) mass is 358 g/mol. The van der Waals surface area contributed by atoms with E-state index in [0.717, 1.165) is 0 Å². The molecular formula is C14H12Cl2N2O3S. The van der Waals surface area contributed by atoms with Crippen LogP contribution >= 0.6 is 34.5 Å². The lowest BCUT2D eigenvalue weighted by atomic mass is 10.2. The normalized spacial score (nSPS) is 10.4. The summed E-state index contributed by atoms with van der Waals surface area (Å²) >= 11 is 13.3. The van der Waals surface area contributed by atoms with E-state index in [9.17, 15) is 9.59 Å². The van der Waals surface area contributed by atoms with Gasteiger partial charge >= 0.3 is 5.97 Å². The minimum atomic E-state index is -0.493. The molecule has 1 heterocycles. The Bertz CT molecular complexity index is 718. The molecule has 0 unspecified atom stereocenters. The maximum absolute atomic E-state index is 12.2. The third kappa shape index (κ3) is 3.76. The van der Waals surface area contributed by atoms with Crippen molar-refractivity contribution >= 4 is 46.4 Å². The van der Waals surface area contributed by atoms with E-state index in [-0.39, 0.29) is 18.1 Å². The summed E-state index contributed by atoms with van der Waals surface area (Å²) in [4.78, 5) is 28.9. The Morgan fingerprint density at radius 3 is 2.73 bits per heavy atom. The number of hydrogen-bond donors (Lipinski definition) is 0. The van der Waals surface area contributed by atoms with Crippen molar-refractivity contribution in [3.8, 4) is 10.6 Å². The van der Waals surface area contributed by atoms with Gasteiger partial charge in [-0.1, -0.05) is 23.2 Å². The van der Waals surface area contributed by atoms with Crippen LogP contribution in [0.1, 0.15) is 10.5 Å². The number of carbonyl (C=O) groups excluding carboxylic acids is 2. The van der Waals surface area contributed by atoms with Gasteiger partial charge < -0.3 is 9.64 Å². The molecule has 1 amide bonds. The van der Waals surface area contributed by atoms with E-state index < -0.39 is 5.97 Å². The molecule has 0 aliphatic carbocycles. The molecule has 0 fully saturated rings. The number of carbonyl (C=O) groups is 2. The number of likely N-dealkylation sites (N-methyl/N-ethyl adjacent to an activating group) is 1. The van der Waals surface area contributed by atoms with Gasteiger partial charge in [0.05, 0.1) is 12.1 Å². The molecule has 22 heavy (non-hydrogen) atoms. The SMILES string of the molecule is COC(=O)CN(C)C(=O)c1csc(-c2ccc(Cl)cc2Cl)n1. The Morgan fingerprint density at radius 2 is 2.09 bits per heavy atom. The average molecular weight is 359 g/mol. The van der Waals surface area contributed by atoms with Gasteiger partial charge in [0, 0.05) is 23.0 Å². The zero-order valence-electron chi connectivity index (χ0n) is 11.8. The molecule has 8 heteroatoms. The summed E-state index contributed by atoms with van der Waals surface area (Å²) in [6.45, 7) is -0.135. The second-order valence-electron chi connectivity index (χ2n) is 4.40. The molecule has 0 N–H and O–H groups in total. The van der Waals surface area contributed by atoms with Gasteiger partial charge in [-0.3, -0.25) is 9.59 Å². The number of esters is 1. The lowest BCUT2D eigenvalue weighted by Crippen LogP contribution is -2.32. The predicted octanol–water partition coefficient (Wildman–Crippen LogP) is 3.36. The van der Waals surface area contributed by atoms with E-state index in [1.807, 2.05) is 0 Å². The number of aromatic nitrogens is 1. The third-order valence-electron chi connectivity index (χ3n) is 2.83.